The Morgan fingerprint density at radius 1 is 1.37 bits per heavy atom. The number of halogens is 1. The molecule has 2 N–H and O–H groups in total. The minimum Gasteiger partial charge on any atom is -0.383 e. The van der Waals surface area contributed by atoms with E-state index < -0.39 is 5.69 Å². The van der Waals surface area contributed by atoms with Gasteiger partial charge in [0, 0.05) is 21.3 Å². The van der Waals surface area contributed by atoms with Crippen LogP contribution < -0.4 is 11.4 Å². The van der Waals surface area contributed by atoms with Gasteiger partial charge in [-0.05, 0) is 31.5 Å². The number of nitrogens with two attached hydrogens (primary N) is 1. The number of carbonyl (C=O) groups excluding carboxylic acids is 1. The van der Waals surface area contributed by atoms with Gasteiger partial charge in [-0.2, -0.15) is 4.98 Å². The first kappa shape index (κ1) is 18.3. The molecule has 2 aromatic heterocycles. The van der Waals surface area contributed by atoms with Crippen molar-refractivity contribution in [2.75, 3.05) is 5.73 Å². The van der Waals surface area contributed by atoms with Crippen LogP contribution in [0.4, 0.5) is 5.82 Å². The zero-order chi connectivity index (χ0) is 19.3. The van der Waals surface area contributed by atoms with Crippen molar-refractivity contribution in [1.29, 1.82) is 0 Å². The first-order valence-corrected chi connectivity index (χ1v) is 10.1. The highest BCUT2D eigenvalue weighted by molar-refractivity contribution is 9.10. The minimum absolute atomic E-state index is 0.0755. The smallest absolute Gasteiger partial charge is 0.351 e. The van der Waals surface area contributed by atoms with Crippen LogP contribution in [0.15, 0.2) is 33.5 Å². The number of fused-ring (bicyclic) bond motifs is 3. The fourth-order valence-corrected chi connectivity index (χ4v) is 4.81. The second-order valence-corrected chi connectivity index (χ2v) is 9.20. The molecule has 0 saturated heterocycles. The number of hydrogen-bond acceptors (Lipinski definition) is 6. The number of ether oxygens (including phenoxy) is 1. The van der Waals surface area contributed by atoms with Crippen LogP contribution in [0.1, 0.15) is 34.6 Å². The van der Waals surface area contributed by atoms with E-state index in [1.54, 1.807) is 24.3 Å². The Morgan fingerprint density at radius 3 is 2.78 bits per heavy atom. The second-order valence-electron chi connectivity index (χ2n) is 7.20. The zero-order valence-electron chi connectivity index (χ0n) is 14.9. The van der Waals surface area contributed by atoms with Gasteiger partial charge in [-0.25, -0.2) is 4.79 Å². The Morgan fingerprint density at radius 2 is 2.07 bits per heavy atom. The summed E-state index contributed by atoms with van der Waals surface area (Å²) in [7, 11) is 0. The molecule has 0 atom stereocenters. The highest BCUT2D eigenvalue weighted by atomic mass is 79.9. The molecular formula is C19H18BrN3O3S. The summed E-state index contributed by atoms with van der Waals surface area (Å²) in [4.78, 5) is 30.9. The number of thiophene rings is 1. The summed E-state index contributed by atoms with van der Waals surface area (Å²) in [6, 6.07) is 7.07. The van der Waals surface area contributed by atoms with Crippen LogP contribution in [-0.4, -0.2) is 20.9 Å². The van der Waals surface area contributed by atoms with Gasteiger partial charge in [-0.3, -0.25) is 9.36 Å². The quantitative estimate of drug-likeness (QED) is 0.620. The Balaban J connectivity index is 1.82. The molecule has 0 bridgehead atoms. The third kappa shape index (κ3) is 3.33. The molecule has 0 radical (unpaired) electrons. The molecule has 1 aliphatic rings. The summed E-state index contributed by atoms with van der Waals surface area (Å²) in [6.07, 6.45) is 0.688. The summed E-state index contributed by atoms with van der Waals surface area (Å²) >= 11 is 4.81. The summed E-state index contributed by atoms with van der Waals surface area (Å²) in [5, 5.41) is 0.773. The van der Waals surface area contributed by atoms with E-state index in [2.05, 4.69) is 20.9 Å². The molecule has 1 aromatic carbocycles. The van der Waals surface area contributed by atoms with E-state index in [1.165, 1.54) is 15.9 Å². The van der Waals surface area contributed by atoms with Crippen molar-refractivity contribution in [3.63, 3.8) is 0 Å². The van der Waals surface area contributed by atoms with Crippen LogP contribution in [0.5, 0.6) is 0 Å². The molecule has 3 aromatic rings. The molecule has 27 heavy (non-hydrogen) atoms. The van der Waals surface area contributed by atoms with Crippen molar-refractivity contribution in [3.8, 4) is 0 Å². The first-order chi connectivity index (χ1) is 12.7. The molecule has 0 unspecified atom stereocenters. The maximum absolute atomic E-state index is 12.7. The van der Waals surface area contributed by atoms with Crippen molar-refractivity contribution in [3.05, 3.63) is 55.2 Å². The number of aromatic nitrogens is 2. The van der Waals surface area contributed by atoms with Gasteiger partial charge >= 0.3 is 5.69 Å². The normalized spacial score (nSPS) is 15.7. The summed E-state index contributed by atoms with van der Waals surface area (Å²) in [6.45, 7) is 4.44. The Bertz CT molecular complexity index is 1120. The summed E-state index contributed by atoms with van der Waals surface area (Å²) in [5.41, 5.74) is 6.89. The fraction of sp³-hybridized carbons (Fsp3) is 0.316. The molecule has 1 aliphatic heterocycles. The molecule has 6 nitrogen and oxygen atoms in total. The third-order valence-corrected chi connectivity index (χ3v) is 6.44. The molecule has 140 valence electrons. The van der Waals surface area contributed by atoms with Gasteiger partial charge in [-0.1, -0.05) is 28.1 Å². The fourth-order valence-electron chi connectivity index (χ4n) is 3.31. The first-order valence-electron chi connectivity index (χ1n) is 8.48. The number of hydrogen-bond donors (Lipinski definition) is 1. The molecule has 0 spiro atoms. The highest BCUT2D eigenvalue weighted by Gasteiger charge is 2.31. The third-order valence-electron chi connectivity index (χ3n) is 4.68. The maximum atomic E-state index is 12.7. The van der Waals surface area contributed by atoms with Crippen molar-refractivity contribution in [2.24, 2.45) is 0 Å². The number of anilines is 1. The molecule has 4 rings (SSSR count). The molecular weight excluding hydrogens is 430 g/mol. The van der Waals surface area contributed by atoms with Crippen LogP contribution >= 0.6 is 27.3 Å². The number of rotatable bonds is 3. The van der Waals surface area contributed by atoms with Crippen LogP contribution in [-0.2, 0) is 24.3 Å². The van der Waals surface area contributed by atoms with Crippen LogP contribution in [0, 0.1) is 0 Å². The number of nitrogen functional groups attached to an aromatic ring is 1. The van der Waals surface area contributed by atoms with Crippen LogP contribution in [0.2, 0.25) is 0 Å². The van der Waals surface area contributed by atoms with Gasteiger partial charge in [0.1, 0.15) is 10.6 Å². The lowest BCUT2D eigenvalue weighted by Gasteiger charge is -2.30. The van der Waals surface area contributed by atoms with Gasteiger partial charge in [0.2, 0.25) is 0 Å². The zero-order valence-corrected chi connectivity index (χ0v) is 17.3. The van der Waals surface area contributed by atoms with E-state index >= 15 is 0 Å². The molecule has 8 heteroatoms. The monoisotopic (exact) mass is 447 g/mol. The minimum atomic E-state index is -0.510. The number of benzene rings is 1. The molecule has 0 amide bonds. The van der Waals surface area contributed by atoms with Crippen LogP contribution in [0.25, 0.3) is 10.2 Å². The van der Waals surface area contributed by atoms with Crippen molar-refractivity contribution >= 4 is 49.1 Å². The average Bonchev–Trinajstić information content (AvgIpc) is 2.96. The Hall–Kier alpha value is -2.03. The van der Waals surface area contributed by atoms with Crippen LogP contribution in [0.3, 0.4) is 0 Å². The largest absolute Gasteiger partial charge is 0.383 e. The SMILES string of the molecule is CC1(C)Cc2c(sc3c2c(N)nc(=O)n3CC(=O)c2ccc(Br)cc2)CO1. The predicted octanol–water partition coefficient (Wildman–Crippen LogP) is 3.54. The topological polar surface area (TPSA) is 87.2 Å². The van der Waals surface area contributed by atoms with Crippen molar-refractivity contribution < 1.29 is 9.53 Å². The number of nitrogens with zero attached hydrogens (tertiary/aromatic N) is 2. The Kier molecular flexibility index (Phi) is 4.44. The molecule has 0 aliphatic carbocycles. The van der Waals surface area contributed by atoms with E-state index in [9.17, 15) is 9.59 Å². The molecule has 0 saturated carbocycles. The second kappa shape index (κ2) is 6.54. The van der Waals surface area contributed by atoms with E-state index in [1.807, 2.05) is 13.8 Å². The summed E-state index contributed by atoms with van der Waals surface area (Å²) in [5.74, 6) is 0.0676. The Labute approximate surface area is 168 Å². The maximum Gasteiger partial charge on any atom is 0.351 e. The van der Waals surface area contributed by atoms with Gasteiger partial charge in [0.15, 0.2) is 5.78 Å². The predicted molar refractivity (Wildman–Crippen MR) is 109 cm³/mol. The van der Waals surface area contributed by atoms with Gasteiger partial charge < -0.3 is 10.5 Å². The van der Waals surface area contributed by atoms with E-state index in [-0.39, 0.29) is 23.7 Å². The van der Waals surface area contributed by atoms with Gasteiger partial charge in [-0.15, -0.1) is 11.3 Å². The standard InChI is InChI=1S/C19H18BrN3O3S/c1-19(2)7-12-14(9-26-19)27-17-15(12)16(21)22-18(25)23(17)8-13(24)10-3-5-11(20)6-4-10/h3-6H,7-9H2,1-2H3,(H2,21,22,25). The average molecular weight is 448 g/mol. The van der Waals surface area contributed by atoms with E-state index in [0.717, 1.165) is 20.3 Å². The van der Waals surface area contributed by atoms with Crippen molar-refractivity contribution in [2.45, 2.75) is 39.0 Å². The van der Waals surface area contributed by atoms with Gasteiger partial charge in [0.05, 0.1) is 24.1 Å². The highest BCUT2D eigenvalue weighted by Crippen LogP contribution is 2.40. The lowest BCUT2D eigenvalue weighted by atomic mass is 9.94. The lowest BCUT2D eigenvalue weighted by molar-refractivity contribution is -0.0379. The van der Waals surface area contributed by atoms with E-state index in [4.69, 9.17) is 10.5 Å². The number of Topliss-reactive ketones (excluding diaryl/α,β-unsaturated/α-hetero) is 1. The number of ketones is 1. The lowest BCUT2D eigenvalue weighted by Crippen LogP contribution is -2.31. The number of carbonyl (C=O) groups is 1. The van der Waals surface area contributed by atoms with E-state index in [0.29, 0.717) is 23.4 Å². The van der Waals surface area contributed by atoms with Crippen molar-refractivity contribution in [1.82, 2.24) is 9.55 Å². The molecule has 3 heterocycles. The van der Waals surface area contributed by atoms with Gasteiger partial charge in [0.25, 0.3) is 0 Å². The molecule has 0 fully saturated rings. The summed E-state index contributed by atoms with van der Waals surface area (Å²) < 4.78 is 8.20.